The Morgan fingerprint density at radius 1 is 1.07 bits per heavy atom. The van der Waals surface area contributed by atoms with Gasteiger partial charge in [-0.3, -0.25) is 4.99 Å². The van der Waals surface area contributed by atoms with Gasteiger partial charge in [-0.05, 0) is 66.6 Å². The van der Waals surface area contributed by atoms with Crippen molar-refractivity contribution in [2.24, 2.45) is 4.99 Å². The second kappa shape index (κ2) is 9.17. The molecule has 142 valence electrons. The molecule has 0 spiro atoms. The summed E-state index contributed by atoms with van der Waals surface area (Å²) in [5, 5.41) is 9.11. The SMILES string of the molecule is Cc1ccc(C(=O)O)cc1N=Cc1ccc(OCc2ccc(Br)cc2Br)cc1. The summed E-state index contributed by atoms with van der Waals surface area (Å²) in [4.78, 5) is 15.5. The molecule has 0 unspecified atom stereocenters. The van der Waals surface area contributed by atoms with E-state index in [0.717, 1.165) is 31.4 Å². The van der Waals surface area contributed by atoms with Crippen molar-refractivity contribution in [2.45, 2.75) is 13.5 Å². The van der Waals surface area contributed by atoms with Crippen LogP contribution in [0, 0.1) is 6.92 Å². The fourth-order valence-corrected chi connectivity index (χ4v) is 3.64. The number of aliphatic imine (C=N–C) groups is 1. The van der Waals surface area contributed by atoms with Crippen molar-refractivity contribution in [1.82, 2.24) is 0 Å². The Morgan fingerprint density at radius 3 is 2.50 bits per heavy atom. The lowest BCUT2D eigenvalue weighted by Gasteiger charge is -2.08. The van der Waals surface area contributed by atoms with Crippen molar-refractivity contribution in [3.05, 3.63) is 91.9 Å². The third-order valence-corrected chi connectivity index (χ3v) is 5.33. The predicted octanol–water partition coefficient (Wildman–Crippen LogP) is 6.55. The van der Waals surface area contributed by atoms with Crippen molar-refractivity contribution in [1.29, 1.82) is 0 Å². The maximum absolute atomic E-state index is 11.1. The molecule has 3 rings (SSSR count). The molecule has 0 atom stereocenters. The van der Waals surface area contributed by atoms with Gasteiger partial charge in [0.25, 0.3) is 0 Å². The van der Waals surface area contributed by atoms with Gasteiger partial charge in [0.15, 0.2) is 0 Å². The number of rotatable bonds is 6. The summed E-state index contributed by atoms with van der Waals surface area (Å²) in [6, 6.07) is 18.5. The molecular weight excluding hydrogens is 486 g/mol. The molecule has 3 aromatic carbocycles. The van der Waals surface area contributed by atoms with E-state index in [-0.39, 0.29) is 5.56 Å². The van der Waals surface area contributed by atoms with Gasteiger partial charge in [-0.2, -0.15) is 0 Å². The zero-order valence-electron chi connectivity index (χ0n) is 15.0. The van der Waals surface area contributed by atoms with E-state index in [1.54, 1.807) is 24.4 Å². The summed E-state index contributed by atoms with van der Waals surface area (Å²) in [5.74, 6) is -0.202. The van der Waals surface area contributed by atoms with Gasteiger partial charge < -0.3 is 9.84 Å². The highest BCUT2D eigenvalue weighted by atomic mass is 79.9. The highest BCUT2D eigenvalue weighted by Gasteiger charge is 2.05. The third kappa shape index (κ3) is 5.30. The van der Waals surface area contributed by atoms with Crippen LogP contribution in [0.5, 0.6) is 5.75 Å². The van der Waals surface area contributed by atoms with E-state index in [1.165, 1.54) is 0 Å². The molecule has 1 N–H and O–H groups in total. The van der Waals surface area contributed by atoms with E-state index < -0.39 is 5.97 Å². The van der Waals surface area contributed by atoms with E-state index in [2.05, 4.69) is 36.9 Å². The fourth-order valence-electron chi connectivity index (χ4n) is 2.48. The smallest absolute Gasteiger partial charge is 0.335 e. The van der Waals surface area contributed by atoms with Gasteiger partial charge in [0.05, 0.1) is 11.3 Å². The fraction of sp³-hybridized carbons (Fsp3) is 0.0909. The first-order chi connectivity index (χ1) is 13.4. The zero-order valence-corrected chi connectivity index (χ0v) is 18.2. The van der Waals surface area contributed by atoms with E-state index in [0.29, 0.717) is 12.3 Å². The second-order valence-corrected chi connectivity index (χ2v) is 7.93. The van der Waals surface area contributed by atoms with E-state index in [1.807, 2.05) is 49.4 Å². The van der Waals surface area contributed by atoms with Gasteiger partial charge >= 0.3 is 5.97 Å². The van der Waals surface area contributed by atoms with Crippen LogP contribution in [0.15, 0.2) is 74.6 Å². The standard InChI is InChI=1S/C22H17Br2NO3/c1-14-2-5-16(22(26)27)10-21(14)25-12-15-3-8-19(9-4-15)28-13-17-6-7-18(23)11-20(17)24/h2-12H,13H2,1H3,(H,26,27). The monoisotopic (exact) mass is 501 g/mol. The molecule has 3 aromatic rings. The minimum absolute atomic E-state index is 0.223. The van der Waals surface area contributed by atoms with E-state index in [9.17, 15) is 4.79 Å². The van der Waals surface area contributed by atoms with Crippen molar-refractivity contribution in [3.8, 4) is 5.75 Å². The highest BCUT2D eigenvalue weighted by Crippen LogP contribution is 2.24. The number of hydrogen-bond donors (Lipinski definition) is 1. The largest absolute Gasteiger partial charge is 0.489 e. The molecule has 0 aliphatic heterocycles. The predicted molar refractivity (Wildman–Crippen MR) is 118 cm³/mol. The third-order valence-electron chi connectivity index (χ3n) is 4.10. The number of halogens is 2. The number of nitrogens with zero attached hydrogens (tertiary/aromatic N) is 1. The van der Waals surface area contributed by atoms with Crippen LogP contribution >= 0.6 is 31.9 Å². The summed E-state index contributed by atoms with van der Waals surface area (Å²) in [6.07, 6.45) is 1.71. The topological polar surface area (TPSA) is 58.9 Å². The summed E-state index contributed by atoms with van der Waals surface area (Å²) in [6.45, 7) is 2.36. The number of carboxylic acids is 1. The zero-order chi connectivity index (χ0) is 20.1. The first-order valence-corrected chi connectivity index (χ1v) is 10.1. The second-order valence-electron chi connectivity index (χ2n) is 6.16. The quantitative estimate of drug-likeness (QED) is 0.389. The van der Waals surface area contributed by atoms with Gasteiger partial charge in [0, 0.05) is 20.7 Å². The molecule has 0 fully saturated rings. The maximum Gasteiger partial charge on any atom is 0.335 e. The number of carboxylic acid groups (broad SMARTS) is 1. The Bertz CT molecular complexity index is 1030. The normalized spacial score (nSPS) is 11.0. The number of carbonyl (C=O) groups is 1. The lowest BCUT2D eigenvalue weighted by atomic mass is 10.1. The van der Waals surface area contributed by atoms with Gasteiger partial charge in [-0.15, -0.1) is 0 Å². The van der Waals surface area contributed by atoms with Crippen molar-refractivity contribution >= 4 is 49.7 Å². The van der Waals surface area contributed by atoms with Crippen molar-refractivity contribution < 1.29 is 14.6 Å². The van der Waals surface area contributed by atoms with Crippen LogP contribution in [0.2, 0.25) is 0 Å². The minimum Gasteiger partial charge on any atom is -0.489 e. The van der Waals surface area contributed by atoms with Crippen molar-refractivity contribution in [2.75, 3.05) is 0 Å². The van der Waals surface area contributed by atoms with Crippen LogP contribution in [0.3, 0.4) is 0 Å². The summed E-state index contributed by atoms with van der Waals surface area (Å²) in [7, 11) is 0. The molecule has 0 amide bonds. The summed E-state index contributed by atoms with van der Waals surface area (Å²) < 4.78 is 7.84. The first-order valence-electron chi connectivity index (χ1n) is 8.47. The van der Waals surface area contributed by atoms with Crippen LogP contribution in [0.25, 0.3) is 0 Å². The number of aromatic carboxylic acids is 1. The Balaban J connectivity index is 1.67. The Kier molecular flexibility index (Phi) is 6.65. The molecular formula is C22H17Br2NO3. The summed E-state index contributed by atoms with van der Waals surface area (Å²) >= 11 is 6.97. The number of aryl methyl sites for hydroxylation is 1. The molecule has 0 aliphatic rings. The van der Waals surface area contributed by atoms with E-state index in [4.69, 9.17) is 9.84 Å². The van der Waals surface area contributed by atoms with E-state index >= 15 is 0 Å². The van der Waals surface area contributed by atoms with Crippen LogP contribution in [0.4, 0.5) is 5.69 Å². The molecule has 0 aliphatic carbocycles. The lowest BCUT2D eigenvalue weighted by molar-refractivity contribution is 0.0697. The molecule has 4 nitrogen and oxygen atoms in total. The average Bonchev–Trinajstić information content (AvgIpc) is 2.67. The molecule has 0 aromatic heterocycles. The average molecular weight is 503 g/mol. The Morgan fingerprint density at radius 2 is 1.82 bits per heavy atom. The van der Waals surface area contributed by atoms with Gasteiger partial charge in [0.1, 0.15) is 12.4 Å². The van der Waals surface area contributed by atoms with Crippen LogP contribution < -0.4 is 4.74 Å². The highest BCUT2D eigenvalue weighted by molar-refractivity contribution is 9.11. The molecule has 0 heterocycles. The molecule has 0 saturated heterocycles. The molecule has 0 bridgehead atoms. The maximum atomic E-state index is 11.1. The number of hydrogen-bond acceptors (Lipinski definition) is 3. The summed E-state index contributed by atoms with van der Waals surface area (Å²) in [5.41, 5.74) is 3.74. The van der Waals surface area contributed by atoms with Gasteiger partial charge in [0.2, 0.25) is 0 Å². The van der Waals surface area contributed by atoms with Crippen LogP contribution in [-0.4, -0.2) is 17.3 Å². The molecule has 6 heteroatoms. The van der Waals surface area contributed by atoms with Crippen molar-refractivity contribution in [3.63, 3.8) is 0 Å². The van der Waals surface area contributed by atoms with Crippen LogP contribution in [0.1, 0.15) is 27.0 Å². The van der Waals surface area contributed by atoms with Crippen LogP contribution in [-0.2, 0) is 6.61 Å². The Hall–Kier alpha value is -2.44. The molecule has 28 heavy (non-hydrogen) atoms. The Labute approximate surface area is 180 Å². The first kappa shape index (κ1) is 20.3. The number of ether oxygens (including phenoxy) is 1. The molecule has 0 saturated carbocycles. The minimum atomic E-state index is -0.963. The van der Waals surface area contributed by atoms with Gasteiger partial charge in [-0.1, -0.05) is 44.0 Å². The van der Waals surface area contributed by atoms with Gasteiger partial charge in [-0.25, -0.2) is 4.79 Å². The molecule has 0 radical (unpaired) electrons. The number of benzene rings is 3. The lowest BCUT2D eigenvalue weighted by Crippen LogP contribution is -1.96.